The van der Waals surface area contributed by atoms with E-state index in [2.05, 4.69) is 10.2 Å². The molecule has 1 atom stereocenters. The lowest BCUT2D eigenvalue weighted by atomic mass is 9.93. The lowest BCUT2D eigenvalue weighted by Gasteiger charge is -2.37. The van der Waals surface area contributed by atoms with Crippen LogP contribution in [-0.2, 0) is 19.1 Å². The fraction of sp³-hybridized carbons (Fsp3) is 0.500. The van der Waals surface area contributed by atoms with E-state index in [0.29, 0.717) is 22.8 Å². The van der Waals surface area contributed by atoms with Crippen molar-refractivity contribution in [2.45, 2.75) is 45.8 Å². The van der Waals surface area contributed by atoms with Gasteiger partial charge in [0, 0.05) is 36.9 Å². The van der Waals surface area contributed by atoms with Crippen LogP contribution in [0.5, 0.6) is 0 Å². The number of morpholine rings is 1. The molecule has 0 radical (unpaired) electrons. The van der Waals surface area contributed by atoms with Crippen LogP contribution in [0.25, 0.3) is 0 Å². The molecule has 0 spiro atoms. The molecule has 194 valence electrons. The molecule has 1 saturated heterocycles. The van der Waals surface area contributed by atoms with E-state index in [1.54, 1.807) is 12.1 Å². The third-order valence-corrected chi connectivity index (χ3v) is 7.14. The topological polar surface area (TPSA) is 83.5 Å². The number of amidine groups is 1. The number of benzene rings is 1. The van der Waals surface area contributed by atoms with Crippen molar-refractivity contribution >= 4 is 40.4 Å². The molecular formula is C26H33ClN4O4S. The van der Waals surface area contributed by atoms with Crippen LogP contribution in [0.4, 0.5) is 0 Å². The molecule has 1 amide bonds. The predicted molar refractivity (Wildman–Crippen MR) is 143 cm³/mol. The van der Waals surface area contributed by atoms with Crippen molar-refractivity contribution in [2.75, 3.05) is 39.4 Å². The Morgan fingerprint density at radius 3 is 2.58 bits per heavy atom. The maximum absolute atomic E-state index is 13.4. The van der Waals surface area contributed by atoms with Crippen molar-refractivity contribution in [1.82, 2.24) is 15.1 Å². The standard InChI is InChI=1S/C26H33ClN4O4S/c1-17-22(24(33)35-26(2,3)4)23(18-5-7-19(27)8-6-18)31-20(16-36-25(31)29-17)15-21(32)28-9-10-30-11-13-34-14-12-30/h5-8,16,23H,9-15H2,1-4H3,(H,28,32)/t23-/m1/s1. The van der Waals surface area contributed by atoms with Crippen molar-refractivity contribution in [3.63, 3.8) is 0 Å². The predicted octanol–water partition coefficient (Wildman–Crippen LogP) is 4.10. The highest BCUT2D eigenvalue weighted by molar-refractivity contribution is 8.16. The molecule has 36 heavy (non-hydrogen) atoms. The molecule has 1 aromatic carbocycles. The zero-order valence-corrected chi connectivity index (χ0v) is 22.7. The first-order valence-corrected chi connectivity index (χ1v) is 13.4. The van der Waals surface area contributed by atoms with Gasteiger partial charge in [-0.2, -0.15) is 0 Å². The van der Waals surface area contributed by atoms with Gasteiger partial charge in [-0.3, -0.25) is 9.69 Å². The van der Waals surface area contributed by atoms with Crippen LogP contribution >= 0.6 is 23.4 Å². The molecule has 0 bridgehead atoms. The van der Waals surface area contributed by atoms with Gasteiger partial charge in [-0.05, 0) is 50.8 Å². The molecule has 3 heterocycles. The minimum atomic E-state index is -0.655. The highest BCUT2D eigenvalue weighted by Gasteiger charge is 2.41. The van der Waals surface area contributed by atoms with Gasteiger partial charge in [0.25, 0.3) is 0 Å². The number of rotatable bonds is 7. The summed E-state index contributed by atoms with van der Waals surface area (Å²) in [6.45, 7) is 11.9. The number of nitrogens with zero attached hydrogens (tertiary/aromatic N) is 3. The average molecular weight is 533 g/mol. The summed E-state index contributed by atoms with van der Waals surface area (Å²) in [4.78, 5) is 35.2. The summed E-state index contributed by atoms with van der Waals surface area (Å²) in [6, 6.07) is 6.92. The van der Waals surface area contributed by atoms with Crippen LogP contribution in [0.15, 0.2) is 51.6 Å². The SMILES string of the molecule is CC1=C(C(=O)OC(C)(C)C)[C@@H](c2ccc(Cl)cc2)N2C(CC(=O)NCCN3CCOCC3)=CSC2=N1. The Kier molecular flexibility index (Phi) is 8.44. The third kappa shape index (κ3) is 6.51. The van der Waals surface area contributed by atoms with E-state index in [0.717, 1.165) is 49.3 Å². The Morgan fingerprint density at radius 2 is 1.92 bits per heavy atom. The number of allylic oxidation sites excluding steroid dienone is 1. The molecule has 3 aliphatic heterocycles. The van der Waals surface area contributed by atoms with Crippen LogP contribution in [0.1, 0.15) is 45.7 Å². The van der Waals surface area contributed by atoms with E-state index < -0.39 is 17.6 Å². The number of aliphatic imine (C=N–C) groups is 1. The first kappa shape index (κ1) is 26.7. The summed E-state index contributed by atoms with van der Waals surface area (Å²) >= 11 is 7.61. The van der Waals surface area contributed by atoms with Crippen LogP contribution in [0, 0.1) is 0 Å². The normalized spacial score (nSPS) is 20.6. The van der Waals surface area contributed by atoms with Gasteiger partial charge >= 0.3 is 5.97 Å². The zero-order valence-electron chi connectivity index (χ0n) is 21.2. The molecule has 0 aliphatic carbocycles. The van der Waals surface area contributed by atoms with Crippen molar-refractivity contribution in [1.29, 1.82) is 0 Å². The molecule has 8 nitrogen and oxygen atoms in total. The number of thioether (sulfide) groups is 1. The summed E-state index contributed by atoms with van der Waals surface area (Å²) in [5.74, 6) is -0.495. The van der Waals surface area contributed by atoms with Crippen LogP contribution in [0.2, 0.25) is 5.02 Å². The van der Waals surface area contributed by atoms with Crippen molar-refractivity contribution < 1.29 is 19.1 Å². The number of nitrogens with one attached hydrogen (secondary N) is 1. The minimum absolute atomic E-state index is 0.0729. The first-order valence-electron chi connectivity index (χ1n) is 12.1. The maximum Gasteiger partial charge on any atom is 0.338 e. The van der Waals surface area contributed by atoms with E-state index in [9.17, 15) is 9.59 Å². The van der Waals surface area contributed by atoms with Gasteiger partial charge in [-0.1, -0.05) is 35.5 Å². The second-order valence-electron chi connectivity index (χ2n) is 9.93. The number of ether oxygens (including phenoxy) is 2. The van der Waals surface area contributed by atoms with Gasteiger partial charge in [-0.25, -0.2) is 9.79 Å². The fourth-order valence-corrected chi connectivity index (χ4v) is 5.42. The summed E-state index contributed by atoms with van der Waals surface area (Å²) < 4.78 is 11.1. The summed E-state index contributed by atoms with van der Waals surface area (Å²) in [5, 5.41) is 6.31. The number of amides is 1. The lowest BCUT2D eigenvalue weighted by molar-refractivity contribution is -0.150. The van der Waals surface area contributed by atoms with E-state index in [1.807, 2.05) is 50.1 Å². The molecule has 3 aliphatic rings. The zero-order chi connectivity index (χ0) is 25.9. The van der Waals surface area contributed by atoms with Gasteiger partial charge in [-0.15, -0.1) is 0 Å². The minimum Gasteiger partial charge on any atom is -0.456 e. The Balaban J connectivity index is 1.54. The Hall–Kier alpha value is -2.33. The van der Waals surface area contributed by atoms with Crippen LogP contribution in [-0.4, -0.2) is 71.8 Å². The lowest BCUT2D eigenvalue weighted by Crippen LogP contribution is -2.42. The molecule has 0 saturated carbocycles. The van der Waals surface area contributed by atoms with Gasteiger partial charge in [0.05, 0.1) is 36.9 Å². The number of hydrogen-bond acceptors (Lipinski definition) is 8. The number of halogens is 1. The Bertz CT molecular complexity index is 1090. The van der Waals surface area contributed by atoms with E-state index in [4.69, 9.17) is 26.1 Å². The molecule has 4 rings (SSSR count). The van der Waals surface area contributed by atoms with Crippen LogP contribution < -0.4 is 5.32 Å². The van der Waals surface area contributed by atoms with Gasteiger partial charge < -0.3 is 19.7 Å². The molecule has 0 aromatic heterocycles. The molecule has 1 N–H and O–H groups in total. The number of hydrogen-bond donors (Lipinski definition) is 1. The van der Waals surface area contributed by atoms with E-state index in [-0.39, 0.29) is 12.3 Å². The molecule has 1 fully saturated rings. The summed E-state index contributed by atoms with van der Waals surface area (Å²) in [5.41, 5.74) is 2.06. The smallest absolute Gasteiger partial charge is 0.338 e. The van der Waals surface area contributed by atoms with Gasteiger partial charge in [0.15, 0.2) is 5.17 Å². The molecule has 0 unspecified atom stereocenters. The summed E-state index contributed by atoms with van der Waals surface area (Å²) in [6.07, 6.45) is 0.180. The van der Waals surface area contributed by atoms with Gasteiger partial charge in [0.2, 0.25) is 5.91 Å². The monoisotopic (exact) mass is 532 g/mol. The fourth-order valence-electron chi connectivity index (χ4n) is 4.33. The largest absolute Gasteiger partial charge is 0.456 e. The highest BCUT2D eigenvalue weighted by Crippen LogP contribution is 2.45. The van der Waals surface area contributed by atoms with Crippen molar-refractivity contribution in [3.8, 4) is 0 Å². The number of carbonyl (C=O) groups is 2. The van der Waals surface area contributed by atoms with E-state index >= 15 is 0 Å². The molecule has 1 aromatic rings. The number of fused-ring (bicyclic) bond motifs is 1. The number of carbonyl (C=O) groups excluding carboxylic acids is 2. The molecule has 10 heteroatoms. The average Bonchev–Trinajstić information content (AvgIpc) is 3.20. The quantitative estimate of drug-likeness (QED) is 0.529. The molecular weight excluding hydrogens is 500 g/mol. The first-order chi connectivity index (χ1) is 17.1. The second kappa shape index (κ2) is 11.4. The highest BCUT2D eigenvalue weighted by atomic mass is 35.5. The Labute approximate surface area is 221 Å². The van der Waals surface area contributed by atoms with Crippen molar-refractivity contribution in [3.05, 3.63) is 57.2 Å². The van der Waals surface area contributed by atoms with Gasteiger partial charge in [0.1, 0.15) is 5.60 Å². The number of esters is 1. The van der Waals surface area contributed by atoms with Crippen molar-refractivity contribution in [2.24, 2.45) is 4.99 Å². The third-order valence-electron chi connectivity index (χ3n) is 6.00. The van der Waals surface area contributed by atoms with E-state index in [1.165, 1.54) is 11.8 Å². The van der Waals surface area contributed by atoms with Crippen LogP contribution in [0.3, 0.4) is 0 Å². The summed E-state index contributed by atoms with van der Waals surface area (Å²) in [7, 11) is 0. The Morgan fingerprint density at radius 1 is 1.22 bits per heavy atom. The maximum atomic E-state index is 13.4. The second-order valence-corrected chi connectivity index (χ2v) is 11.2.